The average Bonchev–Trinajstić information content (AvgIpc) is 2.96. The largest absolute Gasteiger partial charge is 0.494 e. The quantitative estimate of drug-likeness (QED) is 0.833. The molecule has 130 valence electrons. The molecule has 1 saturated heterocycles. The first kappa shape index (κ1) is 17.5. The van der Waals surface area contributed by atoms with Gasteiger partial charge in [0.05, 0.1) is 12.6 Å². The van der Waals surface area contributed by atoms with E-state index in [9.17, 15) is 9.59 Å². The fraction of sp³-hybridized carbons (Fsp3) is 0.263. The molecule has 0 aromatic heterocycles. The molecule has 1 heterocycles. The summed E-state index contributed by atoms with van der Waals surface area (Å²) >= 11 is 3.36. The molecule has 0 bridgehead atoms. The van der Waals surface area contributed by atoms with Gasteiger partial charge in [0.15, 0.2) is 0 Å². The van der Waals surface area contributed by atoms with Gasteiger partial charge in [0.2, 0.25) is 5.91 Å². The Kier molecular flexibility index (Phi) is 5.38. The van der Waals surface area contributed by atoms with Gasteiger partial charge in [-0.1, -0.05) is 22.0 Å². The van der Waals surface area contributed by atoms with Crippen LogP contribution in [0.3, 0.4) is 0 Å². The first-order chi connectivity index (χ1) is 12.1. The van der Waals surface area contributed by atoms with Crippen molar-refractivity contribution in [2.75, 3.05) is 18.1 Å². The molecular formula is C19H19BrN2O3. The lowest BCUT2D eigenvalue weighted by Gasteiger charge is -2.18. The highest BCUT2D eigenvalue weighted by Crippen LogP contribution is 2.24. The number of halogens is 1. The lowest BCUT2D eigenvalue weighted by Crippen LogP contribution is -2.37. The van der Waals surface area contributed by atoms with Gasteiger partial charge < -0.3 is 15.0 Å². The van der Waals surface area contributed by atoms with Crippen LogP contribution in [0.25, 0.3) is 0 Å². The van der Waals surface area contributed by atoms with E-state index < -0.39 is 0 Å². The smallest absolute Gasteiger partial charge is 0.251 e. The molecule has 1 fully saturated rings. The molecule has 1 atom stereocenters. The van der Waals surface area contributed by atoms with Crippen molar-refractivity contribution in [2.24, 2.45) is 0 Å². The van der Waals surface area contributed by atoms with Gasteiger partial charge in [0, 0.05) is 28.7 Å². The highest BCUT2D eigenvalue weighted by Gasteiger charge is 2.31. The molecule has 3 rings (SSSR count). The Balaban J connectivity index is 1.65. The van der Waals surface area contributed by atoms with Crippen molar-refractivity contribution in [3.8, 4) is 5.75 Å². The van der Waals surface area contributed by atoms with Crippen molar-refractivity contribution in [3.63, 3.8) is 0 Å². The Morgan fingerprint density at radius 2 is 2.04 bits per heavy atom. The number of amides is 2. The highest BCUT2D eigenvalue weighted by molar-refractivity contribution is 9.10. The molecule has 1 aliphatic heterocycles. The summed E-state index contributed by atoms with van der Waals surface area (Å²) in [6.07, 6.45) is 0.299. The van der Waals surface area contributed by atoms with E-state index in [0.717, 1.165) is 15.9 Å². The summed E-state index contributed by atoms with van der Waals surface area (Å²) in [7, 11) is 0. The second-order valence-electron chi connectivity index (χ2n) is 5.82. The van der Waals surface area contributed by atoms with E-state index >= 15 is 0 Å². The lowest BCUT2D eigenvalue weighted by molar-refractivity contribution is -0.117. The average molecular weight is 403 g/mol. The summed E-state index contributed by atoms with van der Waals surface area (Å²) in [5.41, 5.74) is 1.38. The molecule has 1 aliphatic rings. The van der Waals surface area contributed by atoms with E-state index in [0.29, 0.717) is 25.1 Å². The van der Waals surface area contributed by atoms with Crippen LogP contribution >= 0.6 is 15.9 Å². The third kappa shape index (κ3) is 4.20. The normalized spacial score (nSPS) is 16.8. The van der Waals surface area contributed by atoms with Crippen LogP contribution in [0.1, 0.15) is 23.7 Å². The van der Waals surface area contributed by atoms with Crippen LogP contribution in [-0.4, -0.2) is 31.0 Å². The van der Waals surface area contributed by atoms with Crippen molar-refractivity contribution in [3.05, 3.63) is 58.6 Å². The van der Waals surface area contributed by atoms with Crippen molar-refractivity contribution in [1.29, 1.82) is 0 Å². The molecule has 2 aromatic carbocycles. The molecule has 6 heteroatoms. The van der Waals surface area contributed by atoms with Crippen LogP contribution in [-0.2, 0) is 4.79 Å². The van der Waals surface area contributed by atoms with Crippen molar-refractivity contribution in [1.82, 2.24) is 5.32 Å². The van der Waals surface area contributed by atoms with Gasteiger partial charge in [-0.25, -0.2) is 0 Å². The number of carbonyl (C=O) groups is 2. The van der Waals surface area contributed by atoms with Gasteiger partial charge in [0.25, 0.3) is 5.91 Å². The molecule has 5 nitrogen and oxygen atoms in total. The van der Waals surface area contributed by atoms with Crippen LogP contribution < -0.4 is 15.0 Å². The zero-order valence-electron chi connectivity index (χ0n) is 13.9. The predicted octanol–water partition coefficient (Wildman–Crippen LogP) is 3.38. The van der Waals surface area contributed by atoms with Crippen molar-refractivity contribution >= 4 is 33.4 Å². The number of ether oxygens (including phenoxy) is 1. The molecule has 2 amide bonds. The van der Waals surface area contributed by atoms with E-state index in [1.807, 2.05) is 43.3 Å². The number of carbonyl (C=O) groups excluding carboxylic acids is 2. The number of nitrogens with one attached hydrogen (secondary N) is 1. The summed E-state index contributed by atoms with van der Waals surface area (Å²) < 4.78 is 6.26. The second-order valence-corrected chi connectivity index (χ2v) is 6.73. The molecule has 25 heavy (non-hydrogen) atoms. The third-order valence-electron chi connectivity index (χ3n) is 4.01. The molecule has 2 aromatic rings. The van der Waals surface area contributed by atoms with Crippen LogP contribution in [0.15, 0.2) is 53.0 Å². The minimum atomic E-state index is -0.203. The molecule has 0 unspecified atom stereocenters. The summed E-state index contributed by atoms with van der Waals surface area (Å²) in [4.78, 5) is 26.3. The van der Waals surface area contributed by atoms with Crippen LogP contribution in [0, 0.1) is 0 Å². The summed E-state index contributed by atoms with van der Waals surface area (Å²) in [5.74, 6) is 0.605. The fourth-order valence-electron chi connectivity index (χ4n) is 2.84. The molecule has 0 spiro atoms. The SMILES string of the molecule is CCOc1ccc(N2C[C@@H](NC(=O)c3cccc(Br)c3)CC2=O)cc1. The molecule has 1 N–H and O–H groups in total. The van der Waals surface area contributed by atoms with Gasteiger partial charge in [-0.05, 0) is 49.4 Å². The summed E-state index contributed by atoms with van der Waals surface area (Å²) in [6.45, 7) is 2.99. The van der Waals surface area contributed by atoms with E-state index in [-0.39, 0.29) is 17.9 Å². The Morgan fingerprint density at radius 1 is 1.28 bits per heavy atom. The first-order valence-electron chi connectivity index (χ1n) is 8.16. The topological polar surface area (TPSA) is 58.6 Å². The van der Waals surface area contributed by atoms with Crippen molar-refractivity contribution in [2.45, 2.75) is 19.4 Å². The second kappa shape index (κ2) is 7.70. The van der Waals surface area contributed by atoms with Gasteiger partial charge >= 0.3 is 0 Å². The first-order valence-corrected chi connectivity index (χ1v) is 8.96. The third-order valence-corrected chi connectivity index (χ3v) is 4.50. The van der Waals surface area contributed by atoms with Gasteiger partial charge in [0.1, 0.15) is 5.75 Å². The van der Waals surface area contributed by atoms with E-state index in [2.05, 4.69) is 21.2 Å². The maximum absolute atomic E-state index is 12.3. The minimum absolute atomic E-state index is 0.00343. The summed E-state index contributed by atoms with van der Waals surface area (Å²) in [5, 5.41) is 2.94. The van der Waals surface area contributed by atoms with Gasteiger partial charge in [-0.15, -0.1) is 0 Å². The zero-order chi connectivity index (χ0) is 17.8. The standard InChI is InChI=1S/C19H19BrN2O3/c1-2-25-17-8-6-16(7-9-17)22-12-15(11-18(22)23)21-19(24)13-4-3-5-14(20)10-13/h3-10,15H,2,11-12H2,1H3,(H,21,24)/t15-/m0/s1. The molecule has 0 aliphatic carbocycles. The van der Waals surface area contributed by atoms with Crippen molar-refractivity contribution < 1.29 is 14.3 Å². The van der Waals surface area contributed by atoms with E-state index in [1.165, 1.54) is 0 Å². The highest BCUT2D eigenvalue weighted by atomic mass is 79.9. The Labute approximate surface area is 155 Å². The number of hydrogen-bond donors (Lipinski definition) is 1. The summed E-state index contributed by atoms with van der Waals surface area (Å²) in [6, 6.07) is 14.4. The maximum atomic E-state index is 12.3. The predicted molar refractivity (Wildman–Crippen MR) is 100.0 cm³/mol. The number of rotatable bonds is 5. The molecule has 0 saturated carbocycles. The lowest BCUT2D eigenvalue weighted by atomic mass is 10.2. The Morgan fingerprint density at radius 3 is 2.72 bits per heavy atom. The maximum Gasteiger partial charge on any atom is 0.251 e. The Bertz CT molecular complexity index is 776. The number of anilines is 1. The number of nitrogens with zero attached hydrogens (tertiary/aromatic N) is 1. The zero-order valence-corrected chi connectivity index (χ0v) is 15.5. The van der Waals surface area contributed by atoms with E-state index in [4.69, 9.17) is 4.74 Å². The number of hydrogen-bond acceptors (Lipinski definition) is 3. The Hall–Kier alpha value is -2.34. The van der Waals surface area contributed by atoms with Gasteiger partial charge in [-0.3, -0.25) is 9.59 Å². The van der Waals surface area contributed by atoms with Gasteiger partial charge in [-0.2, -0.15) is 0 Å². The van der Waals surface area contributed by atoms with Crippen LogP contribution in [0.4, 0.5) is 5.69 Å². The van der Waals surface area contributed by atoms with Crippen LogP contribution in [0.2, 0.25) is 0 Å². The minimum Gasteiger partial charge on any atom is -0.494 e. The molecule has 0 radical (unpaired) electrons. The monoisotopic (exact) mass is 402 g/mol. The van der Waals surface area contributed by atoms with E-state index in [1.54, 1.807) is 17.0 Å². The fourth-order valence-corrected chi connectivity index (χ4v) is 3.24. The number of benzene rings is 2. The van der Waals surface area contributed by atoms with Crippen LogP contribution in [0.5, 0.6) is 5.75 Å². The molecular weight excluding hydrogens is 384 g/mol.